The van der Waals surface area contributed by atoms with Gasteiger partial charge in [0.25, 0.3) is 0 Å². The van der Waals surface area contributed by atoms with Crippen LogP contribution in [0.2, 0.25) is 6.82 Å². The van der Waals surface area contributed by atoms with E-state index in [9.17, 15) is 0 Å². The van der Waals surface area contributed by atoms with Gasteiger partial charge < -0.3 is 10.0 Å². The molecule has 2 N–H and O–H groups in total. The molecule has 0 aromatic heterocycles. The summed E-state index contributed by atoms with van der Waals surface area (Å²) in [5.41, 5.74) is 0. The Bertz CT molecular complexity index is 4380. The molecule has 754 valence electrons. The Morgan fingerprint density at radius 1 is 0.182 bits per heavy atom. The van der Waals surface area contributed by atoms with Crippen LogP contribution in [0, 0.1) is 0 Å². The summed E-state index contributed by atoms with van der Waals surface area (Å²) in [6.45, 7) is 21.3. The minimum absolute atomic E-state index is 0. The van der Waals surface area contributed by atoms with Gasteiger partial charge in [0, 0.05) is 96.4 Å². The van der Waals surface area contributed by atoms with Crippen molar-refractivity contribution in [2.75, 3.05) is 0 Å². The van der Waals surface area contributed by atoms with Crippen molar-refractivity contribution in [3.8, 4) is 0 Å². The Labute approximate surface area is 939 Å². The topological polar surface area (TPSA) is 40.5 Å². The van der Waals surface area contributed by atoms with Gasteiger partial charge in [-0.15, -0.1) is 0 Å². The van der Waals surface area contributed by atoms with Crippen LogP contribution in [-0.2, 0) is 112 Å². The van der Waals surface area contributed by atoms with Gasteiger partial charge in [-0.1, -0.05) is 637 Å². The van der Waals surface area contributed by atoms with Gasteiger partial charge in [0.15, 0.2) is 0 Å². The second-order valence-corrected chi connectivity index (χ2v) is 44.2. The molecular formula is C122H139BCl2O2P6Pd2S8. The van der Waals surface area contributed by atoms with Crippen molar-refractivity contribution in [1.29, 1.82) is 0 Å². The third kappa shape index (κ3) is 54.2. The van der Waals surface area contributed by atoms with Gasteiger partial charge >= 0.3 is 42.1 Å². The number of hydrogen-bond acceptors (Lipinski definition) is 8. The van der Waals surface area contributed by atoms with Crippen molar-refractivity contribution in [1.82, 2.24) is 0 Å². The Morgan fingerprint density at radius 3 is 0.252 bits per heavy atom. The Morgan fingerprint density at radius 2 is 0.217 bits per heavy atom. The van der Waals surface area contributed by atoms with Crippen molar-refractivity contribution in [2.45, 2.75) is 98.3 Å². The van der Waals surface area contributed by atoms with E-state index in [0.717, 1.165) is 8.88 Å². The third-order valence-electron chi connectivity index (χ3n) is 18.3. The SMILES string of the molecule is C.C.C.CB(O)O.CC.CC.CC.CC.CC.S.S=S.S=S.S=S=S.[Cl][Pd][Cl].[Pd].c1ccc(P(c2ccccc2)c2ccccc2)cc1.c1ccc(P(c2ccccc2)c2ccccc2)cc1.c1ccc(P(c2ccccc2)c2ccccc2)cc1.c1ccc(P(c2ccccc2)c2ccccc2)cc1.c1ccc(P(c2ccccc2)c2ccccc2)cc1.c1ccc(P(c2ccccc2)c2ccccc2)cc1. The van der Waals surface area contributed by atoms with E-state index in [2.05, 4.69) is 613 Å². The second kappa shape index (κ2) is 94.1. The molecule has 143 heavy (non-hydrogen) atoms. The molecule has 0 unspecified atom stereocenters. The maximum atomic E-state index is 7.61. The average Bonchev–Trinajstić information content (AvgIpc) is 0.848. The van der Waals surface area contributed by atoms with E-state index in [1.54, 1.807) is 0 Å². The van der Waals surface area contributed by atoms with Crippen LogP contribution in [0.15, 0.2) is 546 Å². The Balaban J connectivity index is -0.00000156. The van der Waals surface area contributed by atoms with Crippen molar-refractivity contribution in [2.24, 2.45) is 0 Å². The first-order chi connectivity index (χ1) is 68.3. The maximum Gasteiger partial charge on any atom is 0 e. The van der Waals surface area contributed by atoms with E-state index >= 15 is 0 Å². The van der Waals surface area contributed by atoms with Gasteiger partial charge in [0.1, 0.15) is 0 Å². The second-order valence-electron chi connectivity index (χ2n) is 26.8. The van der Waals surface area contributed by atoms with Crippen LogP contribution in [0.1, 0.15) is 91.5 Å². The van der Waals surface area contributed by atoms with Gasteiger partial charge in [-0.05, 0) is 150 Å². The summed E-state index contributed by atoms with van der Waals surface area (Å²) >= 11 is 22.8. The summed E-state index contributed by atoms with van der Waals surface area (Å²) in [5, 5.41) is 40.4. The molecule has 0 bridgehead atoms. The predicted molar refractivity (Wildman–Crippen MR) is 678 cm³/mol. The molecule has 18 rings (SSSR count). The maximum absolute atomic E-state index is 7.61. The first-order valence-electron chi connectivity index (χ1n) is 45.4. The van der Waals surface area contributed by atoms with E-state index < -0.39 is 54.6 Å². The van der Waals surface area contributed by atoms with Crippen molar-refractivity contribution >= 4 is 259 Å². The fraction of sp³-hybridized carbons (Fsp3) is 0.115. The Kier molecular flexibility index (Phi) is 91.7. The van der Waals surface area contributed by atoms with E-state index in [1.807, 2.05) is 69.2 Å². The van der Waals surface area contributed by atoms with Gasteiger partial charge in [0.05, 0.1) is 0 Å². The number of rotatable bonds is 18. The quantitative estimate of drug-likeness (QED) is 0.0651. The third-order valence-corrected chi connectivity index (χ3v) is 32.9. The minimum atomic E-state index is -1.17. The van der Waals surface area contributed by atoms with Gasteiger partial charge in [0.2, 0.25) is 0 Å². The molecule has 0 amide bonds. The fourth-order valence-electron chi connectivity index (χ4n) is 13.1. The average molecular weight is 2370 g/mol. The van der Waals surface area contributed by atoms with Gasteiger partial charge in [-0.3, -0.25) is 0 Å². The Hall–Kier alpha value is -7.68. The molecular weight excluding hydrogens is 2230 g/mol. The molecule has 0 radical (unpaired) electrons. The molecule has 0 saturated carbocycles. The molecule has 0 saturated heterocycles. The molecule has 2 nitrogen and oxygen atoms in total. The molecule has 0 atom stereocenters. The number of hydrogen-bond donors (Lipinski definition) is 2. The van der Waals surface area contributed by atoms with Crippen LogP contribution in [0.25, 0.3) is 0 Å². The molecule has 0 heterocycles. The molecule has 18 aromatic carbocycles. The summed E-state index contributed by atoms with van der Waals surface area (Å²) in [4.78, 5) is 0. The van der Waals surface area contributed by atoms with Crippen LogP contribution in [0.3, 0.4) is 0 Å². The summed E-state index contributed by atoms with van der Waals surface area (Å²) in [6.07, 6.45) is 0. The predicted octanol–water partition coefficient (Wildman–Crippen LogP) is 28.3. The standard InChI is InChI=1S/6C18H15P.5C2H6.CH5BO2.3CH4.2ClH.2Pd.S3.2S2.H2S/c6*1-4-10-16(11-5-1)19(17-12-6-2-7-13-17)18-14-8-3-9-15-18;5*1-2;1-2(3)4;;;;;;;;1-3-2;2*1-2;/h6*1-15H;5*1-2H3;3-4H,1H3;3*1H4;2*1H;;;;;;1H2/q;;;;;;;;;;;;;;;;;;+2;;;;/p-2. The van der Waals surface area contributed by atoms with E-state index in [4.69, 9.17) is 29.1 Å². The molecule has 21 heteroatoms. The van der Waals surface area contributed by atoms with Crippen LogP contribution in [0.5, 0.6) is 0 Å². The van der Waals surface area contributed by atoms with E-state index in [1.165, 1.54) is 102 Å². The zero-order valence-corrected chi connectivity index (χ0v) is 97.6. The summed E-state index contributed by atoms with van der Waals surface area (Å²) in [6, 6.07) is 194. The van der Waals surface area contributed by atoms with E-state index in [-0.39, 0.29) is 72.1 Å². The number of benzene rings is 18. The van der Waals surface area contributed by atoms with E-state index in [0.29, 0.717) is 0 Å². The normalized spacial score (nSPS) is 9.13. The molecule has 0 fully saturated rings. The zero-order valence-electron chi connectivity index (χ0n) is 80.9. The molecule has 18 aromatic rings. The summed E-state index contributed by atoms with van der Waals surface area (Å²) in [5.74, 6) is 0. The largest absolute Gasteiger partial charge is 0.0622 e. The van der Waals surface area contributed by atoms with Crippen molar-refractivity contribution < 1.29 is 46.4 Å². The van der Waals surface area contributed by atoms with Gasteiger partial charge in [-0.25, -0.2) is 0 Å². The molecule has 0 aliphatic heterocycles. The van der Waals surface area contributed by atoms with Crippen molar-refractivity contribution in [3.63, 3.8) is 0 Å². The minimum Gasteiger partial charge on any atom is -0.0622 e. The van der Waals surface area contributed by atoms with Gasteiger partial charge in [-0.2, -0.15) is 13.5 Å². The molecule has 0 aliphatic rings. The van der Waals surface area contributed by atoms with Crippen LogP contribution < -0.4 is 95.5 Å². The van der Waals surface area contributed by atoms with Crippen molar-refractivity contribution in [3.05, 3.63) is 546 Å². The van der Waals surface area contributed by atoms with Crippen LogP contribution in [0.4, 0.5) is 0 Å². The number of halogens is 2. The van der Waals surface area contributed by atoms with Crippen LogP contribution >= 0.6 is 80.1 Å². The summed E-state index contributed by atoms with van der Waals surface area (Å²) in [7, 11) is 6.70. The first-order valence-corrected chi connectivity index (χ1v) is 62.8. The summed E-state index contributed by atoms with van der Waals surface area (Å²) < 4.78 is 0. The first kappa shape index (κ1) is 139. The smallest absolute Gasteiger partial charge is 0 e. The zero-order chi connectivity index (χ0) is 100. The monoisotopic (exact) mass is 2370 g/mol. The van der Waals surface area contributed by atoms with Crippen LogP contribution in [-0.4, -0.2) is 17.2 Å². The molecule has 0 spiro atoms. The fourth-order valence-corrected chi connectivity index (χ4v) is 26.9. The molecule has 0 aliphatic carbocycles.